The van der Waals surface area contributed by atoms with Gasteiger partial charge in [0.2, 0.25) is 0 Å². The Bertz CT molecular complexity index is 403. The molecule has 1 aliphatic heterocycles. The zero-order chi connectivity index (χ0) is 12.1. The van der Waals surface area contributed by atoms with E-state index in [2.05, 4.69) is 31.8 Å². The van der Waals surface area contributed by atoms with Crippen molar-refractivity contribution in [1.29, 1.82) is 0 Å². The van der Waals surface area contributed by atoms with Crippen molar-refractivity contribution in [3.63, 3.8) is 0 Å². The number of nitrogens with zero attached hydrogens (tertiary/aromatic N) is 1. The Kier molecular flexibility index (Phi) is 4.39. The molecule has 1 saturated heterocycles. The summed E-state index contributed by atoms with van der Waals surface area (Å²) in [6, 6.07) is 5.35. The molecule has 0 spiro atoms. The largest absolute Gasteiger partial charge is 0.507 e. The highest BCUT2D eigenvalue weighted by molar-refractivity contribution is 9.10. The van der Waals surface area contributed by atoms with Crippen molar-refractivity contribution >= 4 is 22.1 Å². The van der Waals surface area contributed by atoms with Crippen molar-refractivity contribution in [2.45, 2.75) is 25.4 Å². The molecular weight excluding hydrogens is 282 g/mol. The number of nitrogens with one attached hydrogen (secondary N) is 2. The average Bonchev–Trinajstić information content (AvgIpc) is 2.33. The van der Waals surface area contributed by atoms with Crippen LogP contribution in [0.2, 0.25) is 0 Å². The summed E-state index contributed by atoms with van der Waals surface area (Å²) in [4.78, 5) is 0. The minimum Gasteiger partial charge on any atom is -0.507 e. The standard InChI is InChI=1S/C12H16BrN3O/c13-10-5-4-9(11(17)7-10)8-15-16-12-3-1-2-6-14-12/h4-5,7-8,12,14,16-17H,1-3,6H2/b15-8+. The molecule has 1 aliphatic rings. The van der Waals surface area contributed by atoms with Gasteiger partial charge in [-0.1, -0.05) is 15.9 Å². The lowest BCUT2D eigenvalue weighted by Crippen LogP contribution is -2.42. The molecule has 1 heterocycles. The van der Waals surface area contributed by atoms with Gasteiger partial charge >= 0.3 is 0 Å². The van der Waals surface area contributed by atoms with Crippen molar-refractivity contribution in [3.05, 3.63) is 28.2 Å². The van der Waals surface area contributed by atoms with E-state index in [1.165, 1.54) is 12.8 Å². The topological polar surface area (TPSA) is 56.7 Å². The number of hydrogen-bond acceptors (Lipinski definition) is 4. The first kappa shape index (κ1) is 12.4. The SMILES string of the molecule is Oc1cc(Br)ccc1/C=N/NC1CCCCN1. The van der Waals surface area contributed by atoms with Gasteiger partial charge in [0.15, 0.2) is 0 Å². The highest BCUT2D eigenvalue weighted by atomic mass is 79.9. The number of phenols is 1. The monoisotopic (exact) mass is 297 g/mol. The third kappa shape index (κ3) is 3.71. The molecule has 4 nitrogen and oxygen atoms in total. The van der Waals surface area contributed by atoms with Gasteiger partial charge in [0.05, 0.1) is 12.4 Å². The molecule has 0 aromatic heterocycles. The van der Waals surface area contributed by atoms with Crippen LogP contribution in [0.1, 0.15) is 24.8 Å². The number of hydrogen-bond donors (Lipinski definition) is 3. The molecule has 1 aromatic rings. The molecule has 1 atom stereocenters. The van der Waals surface area contributed by atoms with Gasteiger partial charge in [0.1, 0.15) is 5.75 Å². The van der Waals surface area contributed by atoms with Gasteiger partial charge in [-0.05, 0) is 44.0 Å². The second-order valence-electron chi connectivity index (χ2n) is 4.09. The molecular formula is C12H16BrN3O. The van der Waals surface area contributed by atoms with E-state index in [-0.39, 0.29) is 11.9 Å². The molecule has 0 aliphatic carbocycles. The molecule has 5 heteroatoms. The first-order valence-electron chi connectivity index (χ1n) is 5.76. The Labute approximate surface area is 109 Å². The van der Waals surface area contributed by atoms with Gasteiger partial charge in [-0.15, -0.1) is 0 Å². The molecule has 0 amide bonds. The number of aromatic hydroxyl groups is 1. The van der Waals surface area contributed by atoms with Crippen LogP contribution >= 0.6 is 15.9 Å². The number of rotatable bonds is 3. The zero-order valence-electron chi connectivity index (χ0n) is 9.49. The number of piperidine rings is 1. The van der Waals surface area contributed by atoms with Crippen LogP contribution < -0.4 is 10.7 Å². The van der Waals surface area contributed by atoms with E-state index < -0.39 is 0 Å². The summed E-state index contributed by atoms with van der Waals surface area (Å²) in [5.41, 5.74) is 3.75. The number of phenolic OH excluding ortho intramolecular Hbond substituents is 1. The zero-order valence-corrected chi connectivity index (χ0v) is 11.1. The van der Waals surface area contributed by atoms with Gasteiger partial charge in [0.25, 0.3) is 0 Å². The van der Waals surface area contributed by atoms with Crippen LogP contribution in [0.4, 0.5) is 0 Å². The third-order valence-electron chi connectivity index (χ3n) is 2.74. The van der Waals surface area contributed by atoms with Crippen LogP contribution in [0.3, 0.4) is 0 Å². The van der Waals surface area contributed by atoms with E-state index in [4.69, 9.17) is 0 Å². The van der Waals surface area contributed by atoms with Gasteiger partial charge in [-0.25, -0.2) is 0 Å². The second kappa shape index (κ2) is 6.02. The lowest BCUT2D eigenvalue weighted by atomic mass is 10.1. The quantitative estimate of drug-likeness (QED) is 0.592. The van der Waals surface area contributed by atoms with Crippen LogP contribution in [0.25, 0.3) is 0 Å². The summed E-state index contributed by atoms with van der Waals surface area (Å²) in [6.07, 6.45) is 5.43. The molecule has 92 valence electrons. The minimum absolute atomic E-state index is 0.224. The lowest BCUT2D eigenvalue weighted by Gasteiger charge is -2.22. The molecule has 2 rings (SSSR count). The smallest absolute Gasteiger partial charge is 0.125 e. The Morgan fingerprint density at radius 1 is 1.47 bits per heavy atom. The summed E-state index contributed by atoms with van der Waals surface area (Å²) < 4.78 is 0.856. The second-order valence-corrected chi connectivity index (χ2v) is 5.01. The Hall–Kier alpha value is -1.07. The highest BCUT2D eigenvalue weighted by Crippen LogP contribution is 2.20. The summed E-state index contributed by atoms with van der Waals surface area (Å²) in [6.45, 7) is 1.04. The lowest BCUT2D eigenvalue weighted by molar-refractivity contribution is 0.350. The Balaban J connectivity index is 1.90. The van der Waals surface area contributed by atoms with Crippen molar-refractivity contribution in [2.75, 3.05) is 6.54 Å². The van der Waals surface area contributed by atoms with Crippen molar-refractivity contribution in [1.82, 2.24) is 10.7 Å². The van der Waals surface area contributed by atoms with Crippen LogP contribution in [0, 0.1) is 0 Å². The summed E-state index contributed by atoms with van der Waals surface area (Å²) in [5.74, 6) is 0.224. The number of hydrazone groups is 1. The van der Waals surface area contributed by atoms with E-state index >= 15 is 0 Å². The third-order valence-corrected chi connectivity index (χ3v) is 3.23. The fraction of sp³-hybridized carbons (Fsp3) is 0.417. The maximum Gasteiger partial charge on any atom is 0.125 e. The molecule has 1 unspecified atom stereocenters. The molecule has 17 heavy (non-hydrogen) atoms. The molecule has 1 fully saturated rings. The van der Waals surface area contributed by atoms with Crippen LogP contribution in [-0.2, 0) is 0 Å². The first-order valence-corrected chi connectivity index (χ1v) is 6.55. The maximum atomic E-state index is 9.66. The summed E-state index contributed by atoms with van der Waals surface area (Å²) in [7, 11) is 0. The fourth-order valence-electron chi connectivity index (χ4n) is 1.78. The van der Waals surface area contributed by atoms with Crippen molar-refractivity contribution in [2.24, 2.45) is 5.10 Å². The average molecular weight is 298 g/mol. The Morgan fingerprint density at radius 3 is 3.06 bits per heavy atom. The van der Waals surface area contributed by atoms with Crippen LogP contribution in [-0.4, -0.2) is 24.0 Å². The van der Waals surface area contributed by atoms with E-state index in [1.807, 2.05) is 12.1 Å². The molecule has 0 radical (unpaired) electrons. The summed E-state index contributed by atoms with van der Waals surface area (Å²) in [5, 5.41) is 17.1. The molecule has 0 bridgehead atoms. The van der Waals surface area contributed by atoms with Crippen molar-refractivity contribution in [3.8, 4) is 5.75 Å². The first-order chi connectivity index (χ1) is 8.25. The fourth-order valence-corrected chi connectivity index (χ4v) is 2.13. The summed E-state index contributed by atoms with van der Waals surface area (Å²) >= 11 is 3.30. The molecule has 1 aromatic carbocycles. The van der Waals surface area contributed by atoms with E-state index in [1.54, 1.807) is 12.3 Å². The van der Waals surface area contributed by atoms with Gasteiger partial charge in [0, 0.05) is 10.0 Å². The van der Waals surface area contributed by atoms with Gasteiger partial charge in [-0.2, -0.15) is 5.10 Å². The van der Waals surface area contributed by atoms with Gasteiger partial charge < -0.3 is 5.11 Å². The van der Waals surface area contributed by atoms with Gasteiger partial charge in [-0.3, -0.25) is 10.7 Å². The van der Waals surface area contributed by atoms with Crippen molar-refractivity contribution < 1.29 is 5.11 Å². The molecule has 3 N–H and O–H groups in total. The van der Waals surface area contributed by atoms with Crippen LogP contribution in [0.15, 0.2) is 27.8 Å². The number of benzene rings is 1. The van der Waals surface area contributed by atoms with Crippen LogP contribution in [0.5, 0.6) is 5.75 Å². The number of halogens is 1. The van der Waals surface area contributed by atoms with E-state index in [0.29, 0.717) is 5.56 Å². The maximum absolute atomic E-state index is 9.66. The van der Waals surface area contributed by atoms with E-state index in [9.17, 15) is 5.11 Å². The normalized spacial score (nSPS) is 20.6. The predicted molar refractivity (Wildman–Crippen MR) is 72.2 cm³/mol. The van der Waals surface area contributed by atoms with E-state index in [0.717, 1.165) is 17.4 Å². The Morgan fingerprint density at radius 2 is 2.35 bits per heavy atom. The highest BCUT2D eigenvalue weighted by Gasteiger charge is 2.10. The minimum atomic E-state index is 0.224. The predicted octanol–water partition coefficient (Wildman–Crippen LogP) is 2.18. The molecule has 0 saturated carbocycles.